The van der Waals surface area contributed by atoms with Crippen LogP contribution < -0.4 is 0 Å². The summed E-state index contributed by atoms with van der Waals surface area (Å²) in [5.41, 5.74) is 3.51. The minimum atomic E-state index is 0.628. The van der Waals surface area contributed by atoms with Crippen molar-refractivity contribution in [2.45, 2.75) is 0 Å². The van der Waals surface area contributed by atoms with Gasteiger partial charge in [-0.05, 0) is 35.0 Å². The Morgan fingerprint density at radius 3 is 2.58 bits per heavy atom. The van der Waals surface area contributed by atoms with Gasteiger partial charge in [0.1, 0.15) is 18.2 Å². The van der Waals surface area contributed by atoms with E-state index in [4.69, 9.17) is 4.42 Å². The van der Waals surface area contributed by atoms with Crippen molar-refractivity contribution in [3.8, 4) is 17.1 Å². The van der Waals surface area contributed by atoms with Gasteiger partial charge in [-0.25, -0.2) is 4.98 Å². The highest BCUT2D eigenvalue weighted by molar-refractivity contribution is 5.95. The van der Waals surface area contributed by atoms with E-state index < -0.39 is 0 Å². The average Bonchev–Trinajstić information content (AvgIpc) is 3.30. The van der Waals surface area contributed by atoms with E-state index in [1.54, 1.807) is 12.7 Å². The van der Waals surface area contributed by atoms with Crippen molar-refractivity contribution in [2.24, 2.45) is 0 Å². The Balaban J connectivity index is 1.70. The first-order valence-corrected chi connectivity index (χ1v) is 7.62. The molecule has 0 fully saturated rings. The lowest BCUT2D eigenvalue weighted by Crippen LogP contribution is -1.88. The number of aromatic nitrogens is 4. The number of hydrogen-bond acceptors (Lipinski definition) is 4. The smallest absolute Gasteiger partial charge is 0.227 e. The SMILES string of the molecule is c1ccc2c(-c3nc4cc(-n5cnnc5)ccc4o3)cccc2c1. The van der Waals surface area contributed by atoms with Crippen molar-refractivity contribution in [1.82, 2.24) is 19.7 Å². The van der Waals surface area contributed by atoms with Crippen LogP contribution in [0.25, 0.3) is 39.0 Å². The second-order valence-corrected chi connectivity index (χ2v) is 5.57. The molecule has 2 aromatic heterocycles. The largest absolute Gasteiger partial charge is 0.436 e. The molecule has 2 heterocycles. The maximum Gasteiger partial charge on any atom is 0.227 e. The molecule has 5 aromatic rings. The molecule has 0 saturated carbocycles. The molecule has 3 aromatic carbocycles. The van der Waals surface area contributed by atoms with E-state index in [0.717, 1.165) is 27.7 Å². The lowest BCUT2D eigenvalue weighted by atomic mass is 10.0. The van der Waals surface area contributed by atoms with Crippen LogP contribution in [0.3, 0.4) is 0 Å². The molecule has 114 valence electrons. The average molecular weight is 312 g/mol. The zero-order chi connectivity index (χ0) is 15.9. The maximum atomic E-state index is 5.98. The van der Waals surface area contributed by atoms with Crippen LogP contribution in [0.1, 0.15) is 0 Å². The van der Waals surface area contributed by atoms with E-state index in [0.29, 0.717) is 5.89 Å². The van der Waals surface area contributed by atoms with Crippen LogP contribution in [-0.4, -0.2) is 19.7 Å². The zero-order valence-corrected chi connectivity index (χ0v) is 12.6. The van der Waals surface area contributed by atoms with Gasteiger partial charge >= 0.3 is 0 Å². The third-order valence-corrected chi connectivity index (χ3v) is 4.11. The third-order valence-electron chi connectivity index (χ3n) is 4.11. The topological polar surface area (TPSA) is 56.7 Å². The zero-order valence-electron chi connectivity index (χ0n) is 12.6. The lowest BCUT2D eigenvalue weighted by Gasteiger charge is -2.01. The first-order valence-electron chi connectivity index (χ1n) is 7.62. The van der Waals surface area contributed by atoms with E-state index in [2.05, 4.69) is 33.4 Å². The van der Waals surface area contributed by atoms with Gasteiger partial charge in [0.05, 0.1) is 5.69 Å². The molecular formula is C19H12N4O. The minimum Gasteiger partial charge on any atom is -0.436 e. The molecule has 5 rings (SSSR count). The second kappa shape index (κ2) is 5.03. The van der Waals surface area contributed by atoms with Crippen LogP contribution in [0, 0.1) is 0 Å². The molecule has 0 amide bonds. The highest BCUT2D eigenvalue weighted by Crippen LogP contribution is 2.31. The number of fused-ring (bicyclic) bond motifs is 2. The summed E-state index contributed by atoms with van der Waals surface area (Å²) in [5.74, 6) is 0.628. The van der Waals surface area contributed by atoms with Gasteiger partial charge in [-0.1, -0.05) is 36.4 Å². The van der Waals surface area contributed by atoms with Crippen molar-refractivity contribution in [1.29, 1.82) is 0 Å². The molecule has 0 radical (unpaired) electrons. The normalized spacial score (nSPS) is 11.3. The van der Waals surface area contributed by atoms with Gasteiger partial charge in [-0.3, -0.25) is 4.57 Å². The van der Waals surface area contributed by atoms with Gasteiger partial charge in [-0.15, -0.1) is 10.2 Å². The molecule has 0 N–H and O–H groups in total. The second-order valence-electron chi connectivity index (χ2n) is 5.57. The third kappa shape index (κ3) is 1.99. The number of nitrogens with zero attached hydrogens (tertiary/aromatic N) is 4. The summed E-state index contributed by atoms with van der Waals surface area (Å²) in [5, 5.41) is 9.97. The van der Waals surface area contributed by atoms with Crippen molar-refractivity contribution in [3.63, 3.8) is 0 Å². The van der Waals surface area contributed by atoms with Crippen molar-refractivity contribution >= 4 is 21.9 Å². The Labute approximate surface area is 137 Å². The molecule has 0 spiro atoms. The fraction of sp³-hybridized carbons (Fsp3) is 0. The summed E-state index contributed by atoms with van der Waals surface area (Å²) < 4.78 is 7.82. The van der Waals surface area contributed by atoms with Gasteiger partial charge in [0, 0.05) is 5.56 Å². The van der Waals surface area contributed by atoms with Gasteiger partial charge in [0.2, 0.25) is 5.89 Å². The lowest BCUT2D eigenvalue weighted by molar-refractivity contribution is 0.620. The molecule has 0 aliphatic carbocycles. The van der Waals surface area contributed by atoms with E-state index in [1.807, 2.05) is 47.0 Å². The van der Waals surface area contributed by atoms with Crippen LogP contribution in [-0.2, 0) is 0 Å². The van der Waals surface area contributed by atoms with Crippen LogP contribution >= 0.6 is 0 Å². The number of benzene rings is 3. The summed E-state index contributed by atoms with van der Waals surface area (Å²) in [7, 11) is 0. The first kappa shape index (κ1) is 13.0. The number of oxazole rings is 1. The van der Waals surface area contributed by atoms with Crippen molar-refractivity contribution in [3.05, 3.63) is 73.3 Å². The summed E-state index contributed by atoms with van der Waals surface area (Å²) in [4.78, 5) is 4.68. The van der Waals surface area contributed by atoms with Gasteiger partial charge in [0.25, 0.3) is 0 Å². The van der Waals surface area contributed by atoms with E-state index in [1.165, 1.54) is 5.39 Å². The fourth-order valence-electron chi connectivity index (χ4n) is 2.94. The number of hydrogen-bond donors (Lipinski definition) is 0. The molecular weight excluding hydrogens is 300 g/mol. The molecule has 0 saturated heterocycles. The summed E-state index contributed by atoms with van der Waals surface area (Å²) in [6.07, 6.45) is 3.32. The summed E-state index contributed by atoms with van der Waals surface area (Å²) >= 11 is 0. The molecule has 0 atom stereocenters. The standard InChI is InChI=1S/C19H12N4O/c1-2-6-15-13(4-1)5-3-7-16(15)19-22-17-10-14(8-9-18(17)24-19)23-11-20-21-12-23/h1-12H. The molecule has 0 aliphatic rings. The monoisotopic (exact) mass is 312 g/mol. The Morgan fingerprint density at radius 1 is 0.833 bits per heavy atom. The van der Waals surface area contributed by atoms with E-state index >= 15 is 0 Å². The fourth-order valence-corrected chi connectivity index (χ4v) is 2.94. The molecule has 0 bridgehead atoms. The molecule has 5 nitrogen and oxygen atoms in total. The van der Waals surface area contributed by atoms with Crippen LogP contribution in [0.4, 0.5) is 0 Å². The van der Waals surface area contributed by atoms with E-state index in [-0.39, 0.29) is 0 Å². The predicted molar refractivity (Wildman–Crippen MR) is 91.9 cm³/mol. The Kier molecular flexibility index (Phi) is 2.72. The Hall–Kier alpha value is -3.47. The maximum absolute atomic E-state index is 5.98. The molecule has 5 heteroatoms. The van der Waals surface area contributed by atoms with Crippen LogP contribution in [0.5, 0.6) is 0 Å². The van der Waals surface area contributed by atoms with Crippen LogP contribution in [0.15, 0.2) is 77.7 Å². The summed E-state index contributed by atoms with van der Waals surface area (Å²) in [6.45, 7) is 0. The van der Waals surface area contributed by atoms with Gasteiger partial charge < -0.3 is 4.42 Å². The van der Waals surface area contributed by atoms with Gasteiger partial charge in [-0.2, -0.15) is 0 Å². The number of rotatable bonds is 2. The summed E-state index contributed by atoms with van der Waals surface area (Å²) in [6, 6.07) is 20.2. The minimum absolute atomic E-state index is 0.628. The predicted octanol–water partition coefficient (Wildman–Crippen LogP) is 4.23. The first-order chi connectivity index (χ1) is 11.9. The molecule has 0 aliphatic heterocycles. The highest BCUT2D eigenvalue weighted by Gasteiger charge is 2.12. The molecule has 0 unspecified atom stereocenters. The molecule has 24 heavy (non-hydrogen) atoms. The quantitative estimate of drug-likeness (QED) is 0.489. The van der Waals surface area contributed by atoms with Crippen molar-refractivity contribution in [2.75, 3.05) is 0 Å². The van der Waals surface area contributed by atoms with E-state index in [9.17, 15) is 0 Å². The highest BCUT2D eigenvalue weighted by atomic mass is 16.3. The Morgan fingerprint density at radius 2 is 1.67 bits per heavy atom. The van der Waals surface area contributed by atoms with Gasteiger partial charge in [0.15, 0.2) is 5.58 Å². The van der Waals surface area contributed by atoms with Crippen LogP contribution in [0.2, 0.25) is 0 Å². The Bertz CT molecular complexity index is 1150. The van der Waals surface area contributed by atoms with Crippen molar-refractivity contribution < 1.29 is 4.42 Å².